The van der Waals surface area contributed by atoms with Crippen LogP contribution in [0.3, 0.4) is 0 Å². The number of ether oxygens (including phenoxy) is 2. The molecule has 6 nitrogen and oxygen atoms in total. The van der Waals surface area contributed by atoms with Crippen LogP contribution in [0.2, 0.25) is 0 Å². The summed E-state index contributed by atoms with van der Waals surface area (Å²) in [5.41, 5.74) is 1.78. The maximum Gasteiger partial charge on any atom is 0.344 e. The third kappa shape index (κ3) is 4.81. The number of benzene rings is 1. The van der Waals surface area contributed by atoms with Crippen LogP contribution < -0.4 is 10.1 Å². The number of esters is 1. The molecule has 6 heteroatoms. The van der Waals surface area contributed by atoms with Crippen LogP contribution in [0.25, 0.3) is 11.0 Å². The molecular weight excluding hydrogens is 346 g/mol. The van der Waals surface area contributed by atoms with Gasteiger partial charge in [-0.25, -0.2) is 4.79 Å². The van der Waals surface area contributed by atoms with E-state index in [2.05, 4.69) is 5.32 Å². The first-order chi connectivity index (χ1) is 12.9. The van der Waals surface area contributed by atoms with Crippen molar-refractivity contribution in [2.24, 2.45) is 0 Å². The number of carbonyl (C=O) groups excluding carboxylic acids is 2. The lowest BCUT2D eigenvalue weighted by Gasteiger charge is -2.24. The molecule has 1 amide bonds. The summed E-state index contributed by atoms with van der Waals surface area (Å²) in [5.74, 6) is 0.759. The topological polar surface area (TPSA) is 77.8 Å². The Labute approximate surface area is 159 Å². The van der Waals surface area contributed by atoms with Crippen molar-refractivity contribution < 1.29 is 23.5 Å². The normalized spacial score (nSPS) is 13.9. The van der Waals surface area contributed by atoms with Crippen LogP contribution in [-0.2, 0) is 27.2 Å². The van der Waals surface area contributed by atoms with Gasteiger partial charge in [-0.1, -0.05) is 6.92 Å². The van der Waals surface area contributed by atoms with Gasteiger partial charge in [0, 0.05) is 22.9 Å². The lowest BCUT2D eigenvalue weighted by Crippen LogP contribution is -2.44. The second kappa shape index (κ2) is 8.03. The fraction of sp³-hybridized carbons (Fsp3) is 0.524. The first kappa shape index (κ1) is 19.3. The molecule has 0 radical (unpaired) electrons. The second-order valence-electron chi connectivity index (χ2n) is 7.60. The number of furan rings is 1. The van der Waals surface area contributed by atoms with E-state index in [9.17, 15) is 9.59 Å². The molecule has 0 saturated carbocycles. The molecule has 0 spiro atoms. The maximum atomic E-state index is 11.9. The van der Waals surface area contributed by atoms with E-state index >= 15 is 0 Å². The lowest BCUT2D eigenvalue weighted by molar-refractivity contribution is -0.150. The molecular formula is C21H27NO5. The minimum atomic E-state index is -0.575. The van der Waals surface area contributed by atoms with Gasteiger partial charge in [0.05, 0.1) is 0 Å². The van der Waals surface area contributed by atoms with Gasteiger partial charge in [0.1, 0.15) is 17.1 Å². The largest absolute Gasteiger partial charge is 0.482 e. The van der Waals surface area contributed by atoms with Gasteiger partial charge in [0.15, 0.2) is 13.2 Å². The molecule has 2 aromatic rings. The van der Waals surface area contributed by atoms with Crippen LogP contribution in [0.1, 0.15) is 51.4 Å². The lowest BCUT2D eigenvalue weighted by atomic mass is 9.96. The fourth-order valence-electron chi connectivity index (χ4n) is 3.16. The number of nitrogens with one attached hydrogen (secondary N) is 1. The molecule has 1 N–H and O–H groups in total. The van der Waals surface area contributed by atoms with Crippen molar-refractivity contribution in [2.75, 3.05) is 13.2 Å². The molecule has 0 unspecified atom stereocenters. The van der Waals surface area contributed by atoms with Crippen molar-refractivity contribution in [3.63, 3.8) is 0 Å². The van der Waals surface area contributed by atoms with Gasteiger partial charge < -0.3 is 19.2 Å². The van der Waals surface area contributed by atoms with Crippen molar-refractivity contribution in [3.05, 3.63) is 29.5 Å². The van der Waals surface area contributed by atoms with Crippen molar-refractivity contribution in [2.45, 2.75) is 58.4 Å². The van der Waals surface area contributed by atoms with E-state index in [0.29, 0.717) is 5.75 Å². The van der Waals surface area contributed by atoms with Crippen LogP contribution in [0.15, 0.2) is 22.6 Å². The summed E-state index contributed by atoms with van der Waals surface area (Å²) in [6, 6.07) is 5.56. The Balaban J connectivity index is 1.52. The highest BCUT2D eigenvalue weighted by atomic mass is 16.6. The van der Waals surface area contributed by atoms with Crippen molar-refractivity contribution >= 4 is 22.8 Å². The quantitative estimate of drug-likeness (QED) is 0.751. The van der Waals surface area contributed by atoms with E-state index in [1.165, 1.54) is 5.56 Å². The highest BCUT2D eigenvalue weighted by Gasteiger charge is 2.20. The zero-order valence-corrected chi connectivity index (χ0v) is 16.2. The van der Waals surface area contributed by atoms with Crippen molar-refractivity contribution in [3.8, 4) is 5.75 Å². The standard InChI is InChI=1S/C21H27NO5/c1-4-21(2,3)22-19(23)12-26-20(24)13-25-14-9-10-18-16(11-14)15-7-5-6-8-17(15)27-18/h9-11H,4-8,12-13H2,1-3H3,(H,22,23). The Morgan fingerprint density at radius 1 is 1.19 bits per heavy atom. The molecule has 1 aliphatic rings. The van der Waals surface area contributed by atoms with Gasteiger partial charge in [-0.15, -0.1) is 0 Å². The van der Waals surface area contributed by atoms with Crippen molar-refractivity contribution in [1.82, 2.24) is 5.32 Å². The average molecular weight is 373 g/mol. The summed E-state index contributed by atoms with van der Waals surface area (Å²) in [7, 11) is 0. The number of hydrogen-bond acceptors (Lipinski definition) is 5. The molecule has 1 aliphatic carbocycles. The van der Waals surface area contributed by atoms with E-state index in [4.69, 9.17) is 13.9 Å². The number of hydrogen-bond donors (Lipinski definition) is 1. The van der Waals surface area contributed by atoms with Crippen LogP contribution in [0.4, 0.5) is 0 Å². The molecule has 0 bridgehead atoms. The zero-order valence-electron chi connectivity index (χ0n) is 16.2. The summed E-state index contributed by atoms with van der Waals surface area (Å²) in [5, 5.41) is 3.87. The van der Waals surface area contributed by atoms with Gasteiger partial charge >= 0.3 is 5.97 Å². The Kier molecular flexibility index (Phi) is 5.73. The number of rotatable bonds is 7. The highest BCUT2D eigenvalue weighted by Crippen LogP contribution is 2.33. The van der Waals surface area contributed by atoms with Gasteiger partial charge in [-0.05, 0) is 57.7 Å². The Bertz CT molecular complexity index is 836. The minimum absolute atomic E-state index is 0.240. The molecule has 3 rings (SSSR count). The Morgan fingerprint density at radius 2 is 1.96 bits per heavy atom. The minimum Gasteiger partial charge on any atom is -0.482 e. The highest BCUT2D eigenvalue weighted by molar-refractivity contribution is 5.84. The van der Waals surface area contributed by atoms with Crippen LogP contribution >= 0.6 is 0 Å². The third-order valence-corrected chi connectivity index (χ3v) is 5.01. The molecule has 1 aromatic carbocycles. The SMILES string of the molecule is CCC(C)(C)NC(=O)COC(=O)COc1ccc2oc3c(c2c1)CCCC3. The molecule has 27 heavy (non-hydrogen) atoms. The second-order valence-corrected chi connectivity index (χ2v) is 7.60. The number of aryl methyl sites for hydroxylation is 2. The number of fused-ring (bicyclic) bond motifs is 3. The van der Waals surface area contributed by atoms with E-state index in [1.54, 1.807) is 6.07 Å². The van der Waals surface area contributed by atoms with Crippen LogP contribution in [0, 0.1) is 0 Å². The number of carbonyl (C=O) groups is 2. The van der Waals surface area contributed by atoms with E-state index in [-0.39, 0.29) is 24.7 Å². The molecule has 0 fully saturated rings. The van der Waals surface area contributed by atoms with Crippen LogP contribution in [-0.4, -0.2) is 30.6 Å². The summed E-state index contributed by atoms with van der Waals surface area (Å²) in [6.45, 7) is 5.27. The van der Waals surface area contributed by atoms with Gasteiger partial charge in [-0.2, -0.15) is 0 Å². The van der Waals surface area contributed by atoms with Gasteiger partial charge in [0.2, 0.25) is 0 Å². The molecule has 146 valence electrons. The first-order valence-corrected chi connectivity index (χ1v) is 9.52. The van der Waals surface area contributed by atoms with E-state index in [0.717, 1.165) is 48.8 Å². The summed E-state index contributed by atoms with van der Waals surface area (Å²) >= 11 is 0. The molecule has 0 aliphatic heterocycles. The zero-order chi connectivity index (χ0) is 19.4. The molecule has 1 aromatic heterocycles. The Morgan fingerprint density at radius 3 is 2.74 bits per heavy atom. The summed E-state index contributed by atoms with van der Waals surface area (Å²) in [4.78, 5) is 23.7. The Hall–Kier alpha value is -2.50. The summed E-state index contributed by atoms with van der Waals surface area (Å²) < 4.78 is 16.4. The van der Waals surface area contributed by atoms with Crippen molar-refractivity contribution in [1.29, 1.82) is 0 Å². The smallest absolute Gasteiger partial charge is 0.344 e. The first-order valence-electron chi connectivity index (χ1n) is 9.52. The summed E-state index contributed by atoms with van der Waals surface area (Å²) in [6.07, 6.45) is 5.09. The van der Waals surface area contributed by atoms with Gasteiger partial charge in [0.25, 0.3) is 5.91 Å². The molecule has 1 heterocycles. The third-order valence-electron chi connectivity index (χ3n) is 5.01. The average Bonchev–Trinajstić information content (AvgIpc) is 3.02. The number of amides is 1. The maximum absolute atomic E-state index is 11.9. The van der Waals surface area contributed by atoms with E-state index < -0.39 is 5.97 Å². The monoisotopic (exact) mass is 373 g/mol. The molecule has 0 atom stereocenters. The predicted octanol–water partition coefficient (Wildman–Crippen LogP) is 3.54. The van der Waals surface area contributed by atoms with E-state index in [1.807, 2.05) is 32.9 Å². The van der Waals surface area contributed by atoms with Gasteiger partial charge in [-0.3, -0.25) is 4.79 Å². The predicted molar refractivity (Wildman–Crippen MR) is 102 cm³/mol. The van der Waals surface area contributed by atoms with Crippen LogP contribution in [0.5, 0.6) is 5.75 Å². The molecule has 0 saturated heterocycles. The fourth-order valence-corrected chi connectivity index (χ4v) is 3.16.